The maximum absolute atomic E-state index is 12.6. The largest absolute Gasteiger partial charge is 0.322 e. The highest BCUT2D eigenvalue weighted by Gasteiger charge is 2.22. The van der Waals surface area contributed by atoms with Gasteiger partial charge in [0.05, 0.1) is 11.3 Å². The molecular formula is C20H16N2O3S. The first-order valence-electron chi connectivity index (χ1n) is 7.84. The fourth-order valence-corrected chi connectivity index (χ4v) is 3.71. The monoisotopic (exact) mass is 364 g/mol. The number of amides is 1. The molecule has 3 rings (SSSR count). The SMILES string of the molecule is CC(=O)NS(=O)(=O)c1cccc(C#Cc2ccccc2)c1-n1cccc1. The fraction of sp³-hybridized carbons (Fsp3) is 0.0500. The number of hydrogen-bond donors (Lipinski definition) is 1. The van der Waals surface area contributed by atoms with Crippen LogP contribution in [-0.2, 0) is 14.8 Å². The van der Waals surface area contributed by atoms with Crippen LogP contribution in [0.5, 0.6) is 0 Å². The Morgan fingerprint density at radius 2 is 1.62 bits per heavy atom. The van der Waals surface area contributed by atoms with Gasteiger partial charge in [0.25, 0.3) is 10.0 Å². The highest BCUT2D eigenvalue weighted by molar-refractivity contribution is 7.90. The molecule has 26 heavy (non-hydrogen) atoms. The first kappa shape index (κ1) is 17.5. The first-order valence-corrected chi connectivity index (χ1v) is 9.32. The minimum Gasteiger partial charge on any atom is -0.322 e. The minimum absolute atomic E-state index is 0.0104. The number of nitrogens with one attached hydrogen (secondary N) is 1. The normalized spacial score (nSPS) is 10.7. The molecule has 1 N–H and O–H groups in total. The second-order valence-electron chi connectivity index (χ2n) is 5.52. The number of benzene rings is 2. The van der Waals surface area contributed by atoms with Crippen molar-refractivity contribution in [2.75, 3.05) is 0 Å². The first-order chi connectivity index (χ1) is 12.5. The lowest BCUT2D eigenvalue weighted by atomic mass is 10.1. The van der Waals surface area contributed by atoms with Crippen LogP contribution in [0.2, 0.25) is 0 Å². The van der Waals surface area contributed by atoms with E-state index in [-0.39, 0.29) is 4.90 Å². The molecule has 1 aromatic heterocycles. The van der Waals surface area contributed by atoms with E-state index in [1.807, 2.05) is 35.1 Å². The maximum atomic E-state index is 12.6. The van der Waals surface area contributed by atoms with Crippen LogP contribution >= 0.6 is 0 Å². The molecule has 2 aromatic carbocycles. The quantitative estimate of drug-likeness (QED) is 0.727. The molecule has 0 saturated heterocycles. The molecule has 5 nitrogen and oxygen atoms in total. The van der Waals surface area contributed by atoms with E-state index in [2.05, 4.69) is 11.8 Å². The van der Waals surface area contributed by atoms with Gasteiger partial charge in [-0.3, -0.25) is 4.79 Å². The molecule has 3 aromatic rings. The topological polar surface area (TPSA) is 68.2 Å². The summed E-state index contributed by atoms with van der Waals surface area (Å²) >= 11 is 0. The Kier molecular flexibility index (Phi) is 4.92. The van der Waals surface area contributed by atoms with E-state index in [1.165, 1.54) is 6.07 Å². The summed E-state index contributed by atoms with van der Waals surface area (Å²) in [5.74, 6) is 5.42. The Hall–Kier alpha value is -3.30. The van der Waals surface area contributed by atoms with Crippen molar-refractivity contribution in [2.24, 2.45) is 0 Å². The van der Waals surface area contributed by atoms with E-state index in [0.29, 0.717) is 11.3 Å². The van der Waals surface area contributed by atoms with Gasteiger partial charge >= 0.3 is 0 Å². The van der Waals surface area contributed by atoms with Gasteiger partial charge in [-0.25, -0.2) is 13.1 Å². The lowest BCUT2D eigenvalue weighted by Crippen LogP contribution is -2.29. The van der Waals surface area contributed by atoms with Crippen molar-refractivity contribution in [3.8, 4) is 17.5 Å². The summed E-state index contributed by atoms with van der Waals surface area (Å²) in [7, 11) is -4.01. The molecular weight excluding hydrogens is 348 g/mol. The molecule has 1 amide bonds. The Morgan fingerprint density at radius 1 is 0.923 bits per heavy atom. The minimum atomic E-state index is -4.01. The van der Waals surface area contributed by atoms with Crippen molar-refractivity contribution in [1.82, 2.24) is 9.29 Å². The highest BCUT2D eigenvalue weighted by atomic mass is 32.2. The van der Waals surface area contributed by atoms with Crippen molar-refractivity contribution >= 4 is 15.9 Å². The summed E-state index contributed by atoms with van der Waals surface area (Å²) in [6.07, 6.45) is 3.46. The lowest BCUT2D eigenvalue weighted by molar-refractivity contribution is -0.117. The van der Waals surface area contributed by atoms with E-state index in [1.54, 1.807) is 41.2 Å². The summed E-state index contributed by atoms with van der Waals surface area (Å²) in [6.45, 7) is 1.16. The number of carbonyl (C=O) groups excluding carboxylic acids is 1. The molecule has 6 heteroatoms. The van der Waals surface area contributed by atoms with Gasteiger partial charge in [0.15, 0.2) is 0 Å². The smallest absolute Gasteiger partial charge is 0.266 e. The lowest BCUT2D eigenvalue weighted by Gasteiger charge is -2.13. The summed E-state index contributed by atoms with van der Waals surface area (Å²) in [4.78, 5) is 11.3. The van der Waals surface area contributed by atoms with Crippen LogP contribution in [0.4, 0.5) is 0 Å². The second kappa shape index (κ2) is 7.30. The average molecular weight is 364 g/mol. The molecule has 0 aliphatic carbocycles. The van der Waals surface area contributed by atoms with Crippen molar-refractivity contribution in [2.45, 2.75) is 11.8 Å². The Morgan fingerprint density at radius 3 is 2.27 bits per heavy atom. The van der Waals surface area contributed by atoms with Gasteiger partial charge in [-0.15, -0.1) is 0 Å². The summed E-state index contributed by atoms with van der Waals surface area (Å²) < 4.78 is 28.9. The Labute approximate surface area is 152 Å². The van der Waals surface area contributed by atoms with Crippen LogP contribution in [0.1, 0.15) is 18.1 Å². The molecule has 0 bridgehead atoms. The number of rotatable bonds is 3. The number of aromatic nitrogens is 1. The molecule has 0 saturated carbocycles. The molecule has 130 valence electrons. The molecule has 0 radical (unpaired) electrons. The van der Waals surface area contributed by atoms with E-state index >= 15 is 0 Å². The summed E-state index contributed by atoms with van der Waals surface area (Å²) in [5.41, 5.74) is 1.76. The van der Waals surface area contributed by atoms with Crippen LogP contribution in [0.15, 0.2) is 78.0 Å². The number of carbonyl (C=O) groups is 1. The average Bonchev–Trinajstić information content (AvgIpc) is 3.13. The molecule has 0 atom stereocenters. The predicted molar refractivity (Wildman–Crippen MR) is 99.2 cm³/mol. The fourth-order valence-electron chi connectivity index (χ4n) is 2.50. The van der Waals surface area contributed by atoms with E-state index < -0.39 is 15.9 Å². The van der Waals surface area contributed by atoms with Crippen molar-refractivity contribution < 1.29 is 13.2 Å². The van der Waals surface area contributed by atoms with Gasteiger partial charge in [0.1, 0.15) is 4.90 Å². The number of sulfonamides is 1. The summed E-state index contributed by atoms with van der Waals surface area (Å²) in [6, 6.07) is 17.8. The molecule has 0 spiro atoms. The molecule has 0 unspecified atom stereocenters. The number of hydrogen-bond acceptors (Lipinski definition) is 3. The summed E-state index contributed by atoms with van der Waals surface area (Å²) in [5, 5.41) is 0. The predicted octanol–water partition coefficient (Wildman–Crippen LogP) is 2.70. The van der Waals surface area contributed by atoms with Gasteiger partial charge < -0.3 is 4.57 Å². The second-order valence-corrected chi connectivity index (χ2v) is 7.17. The highest BCUT2D eigenvalue weighted by Crippen LogP contribution is 2.24. The third-order valence-electron chi connectivity index (χ3n) is 3.54. The van der Waals surface area contributed by atoms with E-state index in [4.69, 9.17) is 0 Å². The molecule has 0 fully saturated rings. The van der Waals surface area contributed by atoms with Crippen LogP contribution in [0.25, 0.3) is 5.69 Å². The number of para-hydroxylation sites is 1. The van der Waals surface area contributed by atoms with E-state index in [0.717, 1.165) is 12.5 Å². The maximum Gasteiger partial charge on any atom is 0.266 e. The van der Waals surface area contributed by atoms with Gasteiger partial charge in [-0.2, -0.15) is 0 Å². The zero-order chi connectivity index (χ0) is 18.6. The molecule has 1 heterocycles. The molecule has 0 aliphatic heterocycles. The van der Waals surface area contributed by atoms with Crippen LogP contribution in [0.3, 0.4) is 0 Å². The van der Waals surface area contributed by atoms with Crippen molar-refractivity contribution in [3.63, 3.8) is 0 Å². The number of nitrogens with zero attached hydrogens (tertiary/aromatic N) is 1. The van der Waals surface area contributed by atoms with E-state index in [9.17, 15) is 13.2 Å². The van der Waals surface area contributed by atoms with Crippen LogP contribution in [-0.4, -0.2) is 18.9 Å². The van der Waals surface area contributed by atoms with Gasteiger partial charge in [-0.05, 0) is 36.4 Å². The van der Waals surface area contributed by atoms with Gasteiger partial charge in [-0.1, -0.05) is 36.1 Å². The van der Waals surface area contributed by atoms with Crippen LogP contribution in [0, 0.1) is 11.8 Å². The van der Waals surface area contributed by atoms with Gasteiger partial charge in [0.2, 0.25) is 5.91 Å². The Balaban J connectivity index is 2.19. The molecule has 0 aliphatic rings. The van der Waals surface area contributed by atoms with Crippen LogP contribution < -0.4 is 4.72 Å². The standard InChI is InChI=1S/C20H16N2O3S/c1-16(23)21-26(24,25)19-11-7-10-18(20(19)22-14-5-6-15-22)13-12-17-8-3-2-4-9-17/h2-11,14-15H,1H3,(H,21,23). The zero-order valence-corrected chi connectivity index (χ0v) is 14.8. The van der Waals surface area contributed by atoms with Gasteiger partial charge in [0, 0.05) is 24.9 Å². The Bertz CT molecular complexity index is 1090. The van der Waals surface area contributed by atoms with Crippen molar-refractivity contribution in [1.29, 1.82) is 0 Å². The zero-order valence-electron chi connectivity index (χ0n) is 14.0. The van der Waals surface area contributed by atoms with Crippen molar-refractivity contribution in [3.05, 3.63) is 84.2 Å². The third-order valence-corrected chi connectivity index (χ3v) is 5.01. The third kappa shape index (κ3) is 3.85.